The molecule has 3 aromatic rings. The van der Waals surface area contributed by atoms with Crippen LogP contribution in [-0.4, -0.2) is 26.2 Å². The Morgan fingerprint density at radius 1 is 1.25 bits per heavy atom. The molecule has 118 valence electrons. The summed E-state index contributed by atoms with van der Waals surface area (Å²) in [5.41, 5.74) is 0.359. The van der Waals surface area contributed by atoms with Gasteiger partial charge in [-0.05, 0) is 12.1 Å². The molecule has 0 unspecified atom stereocenters. The summed E-state index contributed by atoms with van der Waals surface area (Å²) in [6.45, 7) is 0. The lowest BCUT2D eigenvalue weighted by Crippen LogP contribution is -2.15. The van der Waals surface area contributed by atoms with Gasteiger partial charge < -0.3 is 15.7 Å². The summed E-state index contributed by atoms with van der Waals surface area (Å²) in [5.74, 6) is -0.155. The molecule has 0 spiro atoms. The number of nitrogens with one attached hydrogen (secondary N) is 3. The highest BCUT2D eigenvalue weighted by Crippen LogP contribution is 2.29. The van der Waals surface area contributed by atoms with Crippen LogP contribution in [0.4, 0.5) is 11.6 Å². The molecule has 0 bridgehead atoms. The van der Waals surface area contributed by atoms with Gasteiger partial charge in [-0.3, -0.25) is 4.79 Å². The minimum atomic E-state index is -0.583. The minimum Gasteiger partial charge on any atom is -0.507 e. The third-order valence-corrected chi connectivity index (χ3v) is 3.28. The number of phenols is 1. The van der Waals surface area contributed by atoms with Gasteiger partial charge in [0.1, 0.15) is 23.7 Å². The first kappa shape index (κ1) is 15.1. The van der Waals surface area contributed by atoms with Crippen molar-refractivity contribution >= 4 is 28.3 Å². The molecule has 0 fully saturated rings. The third kappa shape index (κ3) is 3.00. The first-order chi connectivity index (χ1) is 11.7. The predicted octanol–water partition coefficient (Wildman–Crippen LogP) is 2.12. The molecule has 2 aromatic carbocycles. The molecule has 0 atom stereocenters. The average Bonchev–Trinajstić information content (AvgIpc) is 3.10. The van der Waals surface area contributed by atoms with Crippen molar-refractivity contribution in [2.24, 2.45) is 0 Å². The lowest BCUT2D eigenvalue weighted by atomic mass is 10.1. The fraction of sp³-hybridized carbons (Fsp3) is 0. The van der Waals surface area contributed by atoms with E-state index in [2.05, 4.69) is 25.8 Å². The van der Waals surface area contributed by atoms with Crippen molar-refractivity contribution in [1.29, 1.82) is 5.26 Å². The number of amides is 1. The van der Waals surface area contributed by atoms with Gasteiger partial charge in [0.15, 0.2) is 0 Å². The van der Waals surface area contributed by atoms with Gasteiger partial charge in [0.2, 0.25) is 5.95 Å². The van der Waals surface area contributed by atoms with Crippen molar-refractivity contribution in [3.05, 3.63) is 54.5 Å². The Morgan fingerprint density at radius 2 is 2.04 bits per heavy atom. The molecule has 1 aromatic heterocycles. The molecule has 8 heteroatoms. The zero-order chi connectivity index (χ0) is 16.9. The van der Waals surface area contributed by atoms with Gasteiger partial charge in [0.05, 0.1) is 0 Å². The maximum absolute atomic E-state index is 12.3. The molecular weight excluding hydrogens is 308 g/mol. The van der Waals surface area contributed by atoms with Gasteiger partial charge in [-0.15, -0.1) is 0 Å². The molecule has 0 aliphatic heterocycles. The summed E-state index contributed by atoms with van der Waals surface area (Å²) >= 11 is 0. The number of carbonyl (C=O) groups is 1. The second-order valence-corrected chi connectivity index (χ2v) is 4.78. The number of aromatic amines is 1. The topological polar surface area (TPSA) is 127 Å². The smallest absolute Gasteiger partial charge is 0.267 e. The van der Waals surface area contributed by atoms with Crippen LogP contribution in [0.3, 0.4) is 0 Å². The van der Waals surface area contributed by atoms with Crippen molar-refractivity contribution in [1.82, 2.24) is 15.2 Å². The zero-order valence-electron chi connectivity index (χ0n) is 12.3. The monoisotopic (exact) mass is 320 g/mol. The van der Waals surface area contributed by atoms with Crippen LogP contribution in [0, 0.1) is 11.3 Å². The number of nitrogens with zero attached hydrogens (tertiary/aromatic N) is 3. The number of hydrogen-bond donors (Lipinski definition) is 4. The molecule has 0 saturated heterocycles. The van der Waals surface area contributed by atoms with E-state index in [0.29, 0.717) is 22.4 Å². The molecule has 4 N–H and O–H groups in total. The largest absolute Gasteiger partial charge is 0.507 e. The third-order valence-electron chi connectivity index (χ3n) is 3.28. The number of H-pyrrole nitrogens is 1. The Bertz CT molecular complexity index is 956. The summed E-state index contributed by atoms with van der Waals surface area (Å²) in [4.78, 5) is 16.1. The predicted molar refractivity (Wildman–Crippen MR) is 87.9 cm³/mol. The lowest BCUT2D eigenvalue weighted by Gasteiger charge is -2.09. The molecule has 0 aliphatic carbocycles. The van der Waals surface area contributed by atoms with E-state index < -0.39 is 5.91 Å². The van der Waals surface area contributed by atoms with Gasteiger partial charge in [0.25, 0.3) is 5.91 Å². The van der Waals surface area contributed by atoms with Crippen LogP contribution < -0.4 is 10.6 Å². The second kappa shape index (κ2) is 6.50. The van der Waals surface area contributed by atoms with Crippen molar-refractivity contribution in [2.45, 2.75) is 0 Å². The lowest BCUT2D eigenvalue weighted by molar-refractivity contribution is -0.112. The number of aromatic nitrogens is 3. The van der Waals surface area contributed by atoms with Crippen molar-refractivity contribution < 1.29 is 9.90 Å². The van der Waals surface area contributed by atoms with Crippen LogP contribution in [0.25, 0.3) is 10.8 Å². The number of hydrogen-bond acceptors (Lipinski definition) is 6. The Hall–Kier alpha value is -3.86. The maximum atomic E-state index is 12.3. The van der Waals surface area contributed by atoms with Crippen LogP contribution in [0.1, 0.15) is 0 Å². The Labute approximate surface area is 136 Å². The van der Waals surface area contributed by atoms with E-state index in [9.17, 15) is 9.90 Å². The van der Waals surface area contributed by atoms with Gasteiger partial charge in [-0.1, -0.05) is 24.3 Å². The van der Waals surface area contributed by atoms with Crippen molar-refractivity contribution in [2.75, 3.05) is 10.6 Å². The average molecular weight is 320 g/mol. The fourth-order valence-corrected chi connectivity index (χ4v) is 2.16. The first-order valence-electron chi connectivity index (χ1n) is 6.93. The van der Waals surface area contributed by atoms with Gasteiger partial charge in [-0.25, -0.2) is 5.10 Å². The fourth-order valence-electron chi connectivity index (χ4n) is 2.16. The van der Waals surface area contributed by atoms with E-state index >= 15 is 0 Å². The van der Waals surface area contributed by atoms with Crippen molar-refractivity contribution in [3.8, 4) is 11.8 Å². The Morgan fingerprint density at radius 3 is 2.79 bits per heavy atom. The first-order valence-corrected chi connectivity index (χ1v) is 6.93. The number of benzene rings is 2. The van der Waals surface area contributed by atoms with Crippen molar-refractivity contribution in [3.63, 3.8) is 0 Å². The van der Waals surface area contributed by atoms with Crippen LogP contribution in [-0.2, 0) is 4.79 Å². The van der Waals surface area contributed by atoms with Crippen LogP contribution in [0.5, 0.6) is 5.75 Å². The van der Waals surface area contributed by atoms with Gasteiger partial charge >= 0.3 is 0 Å². The van der Waals surface area contributed by atoms with Crippen LogP contribution in [0.2, 0.25) is 0 Å². The van der Waals surface area contributed by atoms with E-state index in [1.807, 2.05) is 6.07 Å². The number of anilines is 2. The SMILES string of the molecule is N#C/C(=C/Nc1ncn[nH]1)C(=O)Nc1cccc2c(O)cccc12. The molecule has 0 aliphatic rings. The number of aromatic hydroxyl groups is 1. The highest BCUT2D eigenvalue weighted by Gasteiger charge is 2.12. The van der Waals surface area contributed by atoms with E-state index in [0.717, 1.165) is 0 Å². The molecule has 3 rings (SSSR count). The molecule has 8 nitrogen and oxygen atoms in total. The second-order valence-electron chi connectivity index (χ2n) is 4.78. The highest BCUT2D eigenvalue weighted by molar-refractivity contribution is 6.11. The van der Waals surface area contributed by atoms with Crippen LogP contribution >= 0.6 is 0 Å². The zero-order valence-corrected chi connectivity index (χ0v) is 12.3. The quantitative estimate of drug-likeness (QED) is 0.431. The minimum absolute atomic E-state index is 0.117. The standard InChI is InChI=1S/C16H12N6O2/c17-7-10(8-18-16-19-9-20-22-16)15(24)21-13-5-1-4-12-11(13)3-2-6-14(12)23/h1-6,8-9,23H,(H,21,24)(H2,18,19,20,22)/b10-8-. The van der Waals surface area contributed by atoms with Gasteiger partial charge in [0, 0.05) is 22.7 Å². The number of fused-ring (bicyclic) bond motifs is 1. The maximum Gasteiger partial charge on any atom is 0.267 e. The summed E-state index contributed by atoms with van der Waals surface area (Å²) in [6.07, 6.45) is 2.53. The molecule has 1 heterocycles. The molecule has 0 saturated carbocycles. The number of carbonyl (C=O) groups excluding carboxylic acids is 1. The highest BCUT2D eigenvalue weighted by atomic mass is 16.3. The molecule has 24 heavy (non-hydrogen) atoms. The van der Waals surface area contributed by atoms with E-state index in [1.54, 1.807) is 36.4 Å². The molecule has 0 radical (unpaired) electrons. The number of nitriles is 1. The van der Waals surface area contributed by atoms with E-state index in [-0.39, 0.29) is 11.3 Å². The summed E-state index contributed by atoms with van der Waals surface area (Å²) in [5, 5.41) is 31.8. The molecule has 1 amide bonds. The van der Waals surface area contributed by atoms with Crippen LogP contribution in [0.15, 0.2) is 54.5 Å². The normalized spacial score (nSPS) is 11.0. The summed E-state index contributed by atoms with van der Waals surface area (Å²) in [6, 6.07) is 12.0. The van der Waals surface area contributed by atoms with Gasteiger partial charge in [-0.2, -0.15) is 15.3 Å². The Kier molecular flexibility index (Phi) is 4.07. The van der Waals surface area contributed by atoms with E-state index in [4.69, 9.17) is 5.26 Å². The number of rotatable bonds is 4. The molecular formula is C16H12N6O2. The summed E-state index contributed by atoms with van der Waals surface area (Å²) in [7, 11) is 0. The summed E-state index contributed by atoms with van der Waals surface area (Å²) < 4.78 is 0. The Balaban J connectivity index is 1.85. The number of phenolic OH excluding ortho intramolecular Hbond substituents is 1. The van der Waals surface area contributed by atoms with E-state index in [1.165, 1.54) is 12.5 Å².